The zero-order chi connectivity index (χ0) is 20.7. The molecule has 2 aromatic rings. The minimum atomic E-state index is -0.905. The number of carbonyl (C=O) groups is 1. The normalized spacial score (nSPS) is 11.7. The van der Waals surface area contributed by atoms with Crippen molar-refractivity contribution in [2.75, 3.05) is 18.0 Å². The average Bonchev–Trinajstić information content (AvgIpc) is 2.69. The van der Waals surface area contributed by atoms with Crippen LogP contribution in [0.2, 0.25) is 5.02 Å². The fourth-order valence-corrected chi connectivity index (χ4v) is 3.16. The first kappa shape index (κ1) is 21.8. The molecule has 0 amide bonds. The van der Waals surface area contributed by atoms with Crippen LogP contribution in [0.1, 0.15) is 30.0 Å². The number of aldehydes is 1. The Morgan fingerprint density at radius 2 is 2.04 bits per heavy atom. The number of nitrogens with zero attached hydrogens (tertiary/aromatic N) is 2. The van der Waals surface area contributed by atoms with Crippen molar-refractivity contribution < 1.29 is 13.6 Å². The van der Waals surface area contributed by atoms with Gasteiger partial charge in [0.1, 0.15) is 12.4 Å². The van der Waals surface area contributed by atoms with Crippen LogP contribution in [0.25, 0.3) is 0 Å². The standard InChI is InChI=1S/C21H22ClF2N3O/c1-3-26-12-18(8-9-28)27(17-7-6-15(11-25)19(22)10-17)13-16-5-4-14(2)20(23)21(16)24/h4-7,9-10,18,26H,3,8,12-13H2,1-2H3/t18-/m0/s1. The second-order valence-electron chi connectivity index (χ2n) is 6.44. The van der Waals surface area contributed by atoms with Crippen LogP contribution < -0.4 is 10.2 Å². The molecule has 148 valence electrons. The van der Waals surface area contributed by atoms with Gasteiger partial charge in [-0.3, -0.25) is 0 Å². The van der Waals surface area contributed by atoms with E-state index >= 15 is 0 Å². The molecule has 1 N–H and O–H groups in total. The Labute approximate surface area is 168 Å². The number of aryl methyl sites for hydroxylation is 1. The van der Waals surface area contributed by atoms with Gasteiger partial charge in [0.25, 0.3) is 0 Å². The second kappa shape index (κ2) is 10.2. The van der Waals surface area contributed by atoms with E-state index in [1.54, 1.807) is 23.1 Å². The highest BCUT2D eigenvalue weighted by Gasteiger charge is 2.22. The first-order chi connectivity index (χ1) is 13.4. The number of halogens is 3. The molecule has 7 heteroatoms. The third kappa shape index (κ3) is 5.06. The SMILES string of the molecule is CCNC[C@H](CC=O)N(Cc1ccc(C)c(F)c1F)c1ccc(C#N)c(Cl)c1. The second-order valence-corrected chi connectivity index (χ2v) is 6.84. The van der Waals surface area contributed by atoms with Gasteiger partial charge in [-0.1, -0.05) is 30.7 Å². The maximum atomic E-state index is 14.5. The lowest BCUT2D eigenvalue weighted by atomic mass is 10.1. The van der Waals surface area contributed by atoms with Crippen LogP contribution in [0.4, 0.5) is 14.5 Å². The van der Waals surface area contributed by atoms with Crippen LogP contribution >= 0.6 is 11.6 Å². The highest BCUT2D eigenvalue weighted by molar-refractivity contribution is 6.32. The van der Waals surface area contributed by atoms with E-state index in [9.17, 15) is 13.6 Å². The van der Waals surface area contributed by atoms with E-state index in [-0.39, 0.29) is 35.2 Å². The molecule has 2 rings (SSSR count). The fraction of sp³-hybridized carbons (Fsp3) is 0.333. The molecule has 0 heterocycles. The molecule has 0 radical (unpaired) electrons. The molecule has 2 aromatic carbocycles. The monoisotopic (exact) mass is 405 g/mol. The van der Waals surface area contributed by atoms with Gasteiger partial charge in [-0.05, 0) is 37.2 Å². The zero-order valence-electron chi connectivity index (χ0n) is 15.8. The third-order valence-electron chi connectivity index (χ3n) is 4.54. The van der Waals surface area contributed by atoms with Gasteiger partial charge in [0, 0.05) is 36.8 Å². The highest BCUT2D eigenvalue weighted by atomic mass is 35.5. The molecule has 1 atom stereocenters. The number of likely N-dealkylation sites (N-methyl/N-ethyl adjacent to an activating group) is 1. The molecule has 0 spiro atoms. The van der Waals surface area contributed by atoms with Gasteiger partial charge in [-0.15, -0.1) is 0 Å². The molecule has 0 aliphatic carbocycles. The Bertz CT molecular complexity index is 883. The molecule has 0 unspecified atom stereocenters. The number of carbonyl (C=O) groups excluding carboxylic acids is 1. The van der Waals surface area contributed by atoms with Crippen molar-refractivity contribution in [2.45, 2.75) is 32.9 Å². The van der Waals surface area contributed by atoms with Gasteiger partial charge in [0.05, 0.1) is 10.6 Å². The van der Waals surface area contributed by atoms with Gasteiger partial charge in [-0.2, -0.15) is 5.26 Å². The predicted octanol–water partition coefficient (Wildman–Crippen LogP) is 4.37. The molecular formula is C21H22ClF2N3O. The summed E-state index contributed by atoms with van der Waals surface area (Å²) >= 11 is 6.17. The van der Waals surface area contributed by atoms with Crippen molar-refractivity contribution >= 4 is 23.6 Å². The highest BCUT2D eigenvalue weighted by Crippen LogP contribution is 2.28. The van der Waals surface area contributed by atoms with Crippen LogP contribution in [-0.4, -0.2) is 25.4 Å². The molecule has 0 aliphatic heterocycles. The quantitative estimate of drug-likeness (QED) is 0.629. The van der Waals surface area contributed by atoms with E-state index in [0.717, 1.165) is 6.29 Å². The summed E-state index contributed by atoms with van der Waals surface area (Å²) in [7, 11) is 0. The Morgan fingerprint density at radius 3 is 2.64 bits per heavy atom. The predicted molar refractivity (Wildman–Crippen MR) is 106 cm³/mol. The maximum absolute atomic E-state index is 14.5. The Kier molecular flexibility index (Phi) is 7.91. The number of benzene rings is 2. The van der Waals surface area contributed by atoms with Gasteiger partial charge in [-0.25, -0.2) is 8.78 Å². The summed E-state index contributed by atoms with van der Waals surface area (Å²) in [6, 6.07) is 9.62. The van der Waals surface area contributed by atoms with Gasteiger partial charge in [0.15, 0.2) is 11.6 Å². The molecule has 0 saturated heterocycles. The summed E-state index contributed by atoms with van der Waals surface area (Å²) in [5, 5.41) is 12.5. The summed E-state index contributed by atoms with van der Waals surface area (Å²) < 4.78 is 28.5. The topological polar surface area (TPSA) is 56.1 Å². The Morgan fingerprint density at radius 1 is 1.29 bits per heavy atom. The lowest BCUT2D eigenvalue weighted by Crippen LogP contribution is -2.42. The van der Waals surface area contributed by atoms with E-state index in [4.69, 9.17) is 16.9 Å². The number of nitrogens with one attached hydrogen (secondary N) is 1. The third-order valence-corrected chi connectivity index (χ3v) is 4.85. The summed E-state index contributed by atoms with van der Waals surface area (Å²) in [4.78, 5) is 13.0. The molecule has 0 aliphatic rings. The van der Waals surface area contributed by atoms with Crippen LogP contribution in [0, 0.1) is 29.9 Å². The van der Waals surface area contributed by atoms with Gasteiger partial charge < -0.3 is 15.0 Å². The van der Waals surface area contributed by atoms with Crippen molar-refractivity contribution in [1.29, 1.82) is 5.26 Å². The summed E-state index contributed by atoms with van der Waals surface area (Å²) in [5.74, 6) is -1.79. The van der Waals surface area contributed by atoms with Crippen molar-refractivity contribution in [3.8, 4) is 6.07 Å². The summed E-state index contributed by atoms with van der Waals surface area (Å²) in [6.07, 6.45) is 0.993. The first-order valence-electron chi connectivity index (χ1n) is 8.97. The van der Waals surface area contributed by atoms with E-state index in [1.165, 1.54) is 19.1 Å². The number of anilines is 1. The first-order valence-corrected chi connectivity index (χ1v) is 9.34. The van der Waals surface area contributed by atoms with E-state index in [2.05, 4.69) is 5.32 Å². The lowest BCUT2D eigenvalue weighted by Gasteiger charge is -2.33. The lowest BCUT2D eigenvalue weighted by molar-refractivity contribution is -0.108. The minimum Gasteiger partial charge on any atom is -0.362 e. The smallest absolute Gasteiger partial charge is 0.164 e. The van der Waals surface area contributed by atoms with Crippen LogP contribution in [0.3, 0.4) is 0 Å². The van der Waals surface area contributed by atoms with E-state index < -0.39 is 11.6 Å². The zero-order valence-corrected chi connectivity index (χ0v) is 16.6. The van der Waals surface area contributed by atoms with Crippen molar-refractivity contribution in [1.82, 2.24) is 5.32 Å². The van der Waals surface area contributed by atoms with Crippen molar-refractivity contribution in [2.24, 2.45) is 0 Å². The Balaban J connectivity index is 2.49. The van der Waals surface area contributed by atoms with Crippen LogP contribution in [-0.2, 0) is 11.3 Å². The maximum Gasteiger partial charge on any atom is 0.164 e. The largest absolute Gasteiger partial charge is 0.362 e. The number of hydrogen-bond acceptors (Lipinski definition) is 4. The minimum absolute atomic E-state index is 0.0508. The summed E-state index contributed by atoms with van der Waals surface area (Å²) in [6.45, 7) is 4.67. The molecule has 0 aromatic heterocycles. The average molecular weight is 406 g/mol. The molecule has 0 fully saturated rings. The van der Waals surface area contributed by atoms with Crippen molar-refractivity contribution in [3.63, 3.8) is 0 Å². The molecular weight excluding hydrogens is 384 g/mol. The number of hydrogen-bond donors (Lipinski definition) is 1. The van der Waals surface area contributed by atoms with E-state index in [1.807, 2.05) is 13.0 Å². The van der Waals surface area contributed by atoms with Crippen LogP contribution in [0.5, 0.6) is 0 Å². The fourth-order valence-electron chi connectivity index (χ4n) is 2.94. The van der Waals surface area contributed by atoms with Gasteiger partial charge in [0.2, 0.25) is 0 Å². The van der Waals surface area contributed by atoms with Crippen LogP contribution in [0.15, 0.2) is 30.3 Å². The molecule has 0 bridgehead atoms. The van der Waals surface area contributed by atoms with Gasteiger partial charge >= 0.3 is 0 Å². The van der Waals surface area contributed by atoms with E-state index in [0.29, 0.717) is 24.3 Å². The molecule has 0 saturated carbocycles. The van der Waals surface area contributed by atoms with Crippen molar-refractivity contribution in [3.05, 3.63) is 63.7 Å². The molecule has 4 nitrogen and oxygen atoms in total. The molecule has 28 heavy (non-hydrogen) atoms. The number of nitriles is 1. The Hall–Kier alpha value is -2.49. The summed E-state index contributed by atoms with van der Waals surface area (Å²) in [5.41, 5.74) is 1.34. The number of rotatable bonds is 9.